The minimum atomic E-state index is -0.615. The van der Waals surface area contributed by atoms with Crippen LogP contribution in [0.2, 0.25) is 0 Å². The number of nitrogens with one attached hydrogen (secondary N) is 1. The van der Waals surface area contributed by atoms with Gasteiger partial charge in [-0.25, -0.2) is 0 Å². The van der Waals surface area contributed by atoms with Crippen molar-refractivity contribution in [2.75, 3.05) is 26.2 Å². The van der Waals surface area contributed by atoms with Gasteiger partial charge in [0.15, 0.2) is 0 Å². The summed E-state index contributed by atoms with van der Waals surface area (Å²) in [5.74, 6) is 2.20. The van der Waals surface area contributed by atoms with E-state index in [0.29, 0.717) is 32.5 Å². The molecule has 0 radical (unpaired) electrons. The van der Waals surface area contributed by atoms with Crippen molar-refractivity contribution in [2.24, 2.45) is 35.5 Å². The molecule has 5 atom stereocenters. The number of amides is 4. The molecule has 1 saturated heterocycles. The normalized spacial score (nSPS) is 23.0. The summed E-state index contributed by atoms with van der Waals surface area (Å²) >= 11 is 0. The number of nitrogens with zero attached hydrogens (tertiary/aromatic N) is 2. The van der Waals surface area contributed by atoms with E-state index in [4.69, 9.17) is 11.2 Å². The Hall–Kier alpha value is -3.15. The average molecular weight is 598 g/mol. The van der Waals surface area contributed by atoms with E-state index in [1.54, 1.807) is 4.90 Å². The number of ether oxygens (including phenoxy) is 1. The van der Waals surface area contributed by atoms with Gasteiger partial charge in [-0.05, 0) is 63.7 Å². The predicted octanol–water partition coefficient (Wildman–Crippen LogP) is 4.11. The maximum Gasteiger partial charge on any atom is 0.309 e. The molecule has 2 bridgehead atoms. The van der Waals surface area contributed by atoms with Crippen LogP contribution in [0, 0.1) is 47.9 Å². The summed E-state index contributed by atoms with van der Waals surface area (Å²) in [4.78, 5) is 66.0. The lowest BCUT2D eigenvalue weighted by atomic mass is 9.85. The van der Waals surface area contributed by atoms with Crippen molar-refractivity contribution < 1.29 is 28.7 Å². The highest BCUT2D eigenvalue weighted by atomic mass is 16.6. The Morgan fingerprint density at radius 1 is 1.02 bits per heavy atom. The van der Waals surface area contributed by atoms with Crippen LogP contribution in [0.1, 0.15) is 92.4 Å². The fourth-order valence-electron chi connectivity index (χ4n) is 6.41. The van der Waals surface area contributed by atoms with Crippen molar-refractivity contribution in [2.45, 2.75) is 98.0 Å². The van der Waals surface area contributed by atoms with Crippen LogP contribution in [0.15, 0.2) is 12.2 Å². The molecular formula is C34H51N3O6. The molecule has 1 saturated carbocycles. The molecule has 0 aromatic rings. The number of carbonyl (C=O) groups excluding carboxylic acids is 5. The van der Waals surface area contributed by atoms with Crippen LogP contribution in [-0.4, -0.2) is 71.2 Å². The Bertz CT molecular complexity index is 1080. The van der Waals surface area contributed by atoms with Crippen LogP contribution >= 0.6 is 0 Å². The van der Waals surface area contributed by atoms with Crippen LogP contribution in [0.5, 0.6) is 0 Å². The number of likely N-dealkylation sites (tertiary alicyclic amines) is 1. The van der Waals surface area contributed by atoms with Crippen LogP contribution in [0.3, 0.4) is 0 Å². The number of fused-ring (bicyclic) bond motifs is 5. The highest BCUT2D eigenvalue weighted by molar-refractivity contribution is 6.06. The van der Waals surface area contributed by atoms with Gasteiger partial charge in [0, 0.05) is 32.5 Å². The van der Waals surface area contributed by atoms with Crippen LogP contribution in [-0.2, 0) is 28.7 Å². The van der Waals surface area contributed by atoms with E-state index in [-0.39, 0.29) is 84.5 Å². The van der Waals surface area contributed by atoms with Gasteiger partial charge < -0.3 is 15.0 Å². The number of esters is 1. The number of hydrogen-bond acceptors (Lipinski definition) is 6. The van der Waals surface area contributed by atoms with Crippen molar-refractivity contribution in [3.8, 4) is 12.3 Å². The molecule has 238 valence electrons. The van der Waals surface area contributed by atoms with Crippen LogP contribution in [0.4, 0.5) is 0 Å². The van der Waals surface area contributed by atoms with E-state index < -0.39 is 5.60 Å². The summed E-state index contributed by atoms with van der Waals surface area (Å²) < 4.78 is 5.66. The van der Waals surface area contributed by atoms with Gasteiger partial charge in [-0.15, -0.1) is 6.42 Å². The second-order valence-corrected chi connectivity index (χ2v) is 13.4. The number of imide groups is 1. The summed E-state index contributed by atoms with van der Waals surface area (Å²) in [5.41, 5.74) is -0.615. The minimum Gasteiger partial charge on any atom is -0.459 e. The largest absolute Gasteiger partial charge is 0.459 e. The van der Waals surface area contributed by atoms with E-state index >= 15 is 0 Å². The highest BCUT2D eigenvalue weighted by Crippen LogP contribution is 2.52. The standard InChI is InChI=1S/C34H51N3O6/c1-7-19-36(20-10-8-9-11-21-37-31(40)29-25-13-14-26(22-25)30(29)32(37)41)28(39)16-15-27(38)35-18-12-17-34(5,6)43-33(42)24(4)23(2)3/h1,13-14,23-26,29-30H,8-12,15-22H2,2-6H3,(H,35,38). The lowest BCUT2D eigenvalue weighted by Gasteiger charge is -2.28. The maximum atomic E-state index is 12.8. The van der Waals surface area contributed by atoms with Crippen LogP contribution < -0.4 is 5.32 Å². The van der Waals surface area contributed by atoms with Crippen molar-refractivity contribution in [3.05, 3.63) is 12.2 Å². The monoisotopic (exact) mass is 597 g/mol. The van der Waals surface area contributed by atoms with Gasteiger partial charge in [0.25, 0.3) is 0 Å². The molecule has 9 nitrogen and oxygen atoms in total. The fraction of sp³-hybridized carbons (Fsp3) is 0.735. The first-order valence-corrected chi connectivity index (χ1v) is 16.1. The Kier molecular flexibility index (Phi) is 12.4. The van der Waals surface area contributed by atoms with Gasteiger partial charge in [-0.1, -0.05) is 51.7 Å². The van der Waals surface area contributed by atoms with E-state index in [9.17, 15) is 24.0 Å². The Labute approximate surface area is 257 Å². The number of terminal acetylenes is 1. The quantitative estimate of drug-likeness (QED) is 0.0837. The van der Waals surface area contributed by atoms with Gasteiger partial charge in [0.2, 0.25) is 23.6 Å². The van der Waals surface area contributed by atoms with Crippen molar-refractivity contribution in [1.29, 1.82) is 0 Å². The van der Waals surface area contributed by atoms with Gasteiger partial charge in [-0.3, -0.25) is 28.9 Å². The van der Waals surface area contributed by atoms with Gasteiger partial charge in [0.1, 0.15) is 5.60 Å². The number of rotatable bonds is 18. The molecule has 2 fully saturated rings. The molecule has 3 aliphatic rings. The molecule has 1 N–H and O–H groups in total. The Balaban J connectivity index is 1.26. The lowest BCUT2D eigenvalue weighted by Crippen LogP contribution is -2.35. The average Bonchev–Trinajstić information content (AvgIpc) is 3.64. The first-order valence-electron chi connectivity index (χ1n) is 16.1. The third kappa shape index (κ3) is 9.17. The molecule has 4 amide bonds. The van der Waals surface area contributed by atoms with Crippen molar-refractivity contribution in [1.82, 2.24) is 15.1 Å². The molecular weight excluding hydrogens is 546 g/mol. The summed E-state index contributed by atoms with van der Waals surface area (Å²) in [6.45, 7) is 11.2. The topological polar surface area (TPSA) is 113 Å². The fourth-order valence-corrected chi connectivity index (χ4v) is 6.41. The summed E-state index contributed by atoms with van der Waals surface area (Å²) in [6, 6.07) is 0. The molecule has 0 spiro atoms. The molecule has 1 aliphatic heterocycles. The zero-order valence-electron chi connectivity index (χ0n) is 26.7. The number of carbonyl (C=O) groups is 5. The molecule has 2 aliphatic carbocycles. The van der Waals surface area contributed by atoms with E-state index in [1.165, 1.54) is 4.90 Å². The zero-order chi connectivity index (χ0) is 31.7. The molecule has 3 rings (SSSR count). The van der Waals surface area contributed by atoms with Gasteiger partial charge in [-0.2, -0.15) is 0 Å². The van der Waals surface area contributed by atoms with E-state index in [0.717, 1.165) is 32.1 Å². The van der Waals surface area contributed by atoms with E-state index in [2.05, 4.69) is 23.4 Å². The number of hydrogen-bond donors (Lipinski definition) is 1. The smallest absolute Gasteiger partial charge is 0.309 e. The third-order valence-electron chi connectivity index (χ3n) is 9.35. The molecule has 1 heterocycles. The summed E-state index contributed by atoms with van der Waals surface area (Å²) in [7, 11) is 0. The molecule has 5 unspecified atom stereocenters. The van der Waals surface area contributed by atoms with Gasteiger partial charge >= 0.3 is 5.97 Å². The Morgan fingerprint density at radius 2 is 1.65 bits per heavy atom. The van der Waals surface area contributed by atoms with Gasteiger partial charge in [0.05, 0.1) is 24.3 Å². The maximum absolute atomic E-state index is 12.8. The molecule has 9 heteroatoms. The van der Waals surface area contributed by atoms with Crippen molar-refractivity contribution >= 4 is 29.6 Å². The predicted molar refractivity (Wildman–Crippen MR) is 164 cm³/mol. The summed E-state index contributed by atoms with van der Waals surface area (Å²) in [6.07, 6.45) is 15.3. The highest BCUT2D eigenvalue weighted by Gasteiger charge is 2.58. The molecule has 0 aromatic carbocycles. The molecule has 0 aromatic heterocycles. The number of allylic oxidation sites excluding steroid dienone is 2. The second kappa shape index (κ2) is 15.5. The van der Waals surface area contributed by atoms with Crippen molar-refractivity contribution in [3.63, 3.8) is 0 Å². The third-order valence-corrected chi connectivity index (χ3v) is 9.35. The Morgan fingerprint density at radius 3 is 2.26 bits per heavy atom. The van der Waals surface area contributed by atoms with Crippen LogP contribution in [0.25, 0.3) is 0 Å². The van der Waals surface area contributed by atoms with E-state index in [1.807, 2.05) is 34.6 Å². The molecule has 43 heavy (non-hydrogen) atoms. The first-order chi connectivity index (χ1) is 20.4. The summed E-state index contributed by atoms with van der Waals surface area (Å²) in [5, 5.41) is 2.85. The minimum absolute atomic E-state index is 0.00258. The zero-order valence-corrected chi connectivity index (χ0v) is 26.7. The second-order valence-electron chi connectivity index (χ2n) is 13.4. The number of unbranched alkanes of at least 4 members (excludes halogenated alkanes) is 3. The SMILES string of the molecule is C#CCN(CCCCCCN1C(=O)C2C3C=CC(C3)C2C1=O)C(=O)CCC(=O)NCCCC(C)(C)OC(=O)C(C)C(C)C. The first kappa shape index (κ1) is 34.3. The lowest BCUT2D eigenvalue weighted by molar-refractivity contribution is -0.163.